The fourth-order valence-corrected chi connectivity index (χ4v) is 3.81. The number of nitrogens with zero attached hydrogens (tertiary/aromatic N) is 6. The second-order valence-electron chi connectivity index (χ2n) is 8.11. The lowest BCUT2D eigenvalue weighted by molar-refractivity contribution is 0.102. The molecule has 0 fully saturated rings. The van der Waals surface area contributed by atoms with Crippen LogP contribution in [0, 0.1) is 27.7 Å². The first-order valence-electron chi connectivity index (χ1n) is 10.6. The molecule has 2 aromatic carbocycles. The molecule has 0 radical (unpaired) electrons. The van der Waals surface area contributed by atoms with Crippen LogP contribution in [0.5, 0.6) is 0 Å². The van der Waals surface area contributed by atoms with Crippen LogP contribution in [-0.2, 0) is 0 Å². The molecular formula is C25H23N7O. The van der Waals surface area contributed by atoms with Crippen molar-refractivity contribution in [2.24, 2.45) is 0 Å². The van der Waals surface area contributed by atoms with Gasteiger partial charge in [-0.2, -0.15) is 14.9 Å². The van der Waals surface area contributed by atoms with Gasteiger partial charge in [0, 0.05) is 11.6 Å². The van der Waals surface area contributed by atoms with Crippen molar-refractivity contribution >= 4 is 22.8 Å². The normalized spacial score (nSPS) is 11.2. The van der Waals surface area contributed by atoms with Crippen LogP contribution in [0.15, 0.2) is 61.1 Å². The molecule has 8 heteroatoms. The van der Waals surface area contributed by atoms with Gasteiger partial charge in [-0.25, -0.2) is 14.6 Å². The zero-order chi connectivity index (χ0) is 23.1. The molecule has 0 unspecified atom stereocenters. The zero-order valence-corrected chi connectivity index (χ0v) is 18.9. The molecule has 0 aliphatic rings. The van der Waals surface area contributed by atoms with Crippen molar-refractivity contribution in [3.8, 4) is 11.5 Å². The topological polar surface area (TPSA) is 90.5 Å². The highest BCUT2D eigenvalue weighted by atomic mass is 16.1. The molecule has 5 aromatic rings. The van der Waals surface area contributed by atoms with E-state index in [-0.39, 0.29) is 5.91 Å². The highest BCUT2D eigenvalue weighted by molar-refractivity contribution is 6.05. The van der Waals surface area contributed by atoms with Gasteiger partial charge in [-0.3, -0.25) is 4.79 Å². The van der Waals surface area contributed by atoms with Crippen LogP contribution < -0.4 is 5.32 Å². The maximum Gasteiger partial charge on any atom is 0.257 e. The van der Waals surface area contributed by atoms with Gasteiger partial charge < -0.3 is 5.32 Å². The fourth-order valence-electron chi connectivity index (χ4n) is 3.81. The van der Waals surface area contributed by atoms with Crippen LogP contribution in [0.2, 0.25) is 0 Å². The van der Waals surface area contributed by atoms with E-state index in [0.29, 0.717) is 22.8 Å². The Kier molecular flexibility index (Phi) is 4.97. The number of carbonyl (C=O) groups is 1. The quantitative estimate of drug-likeness (QED) is 0.447. The van der Waals surface area contributed by atoms with Gasteiger partial charge in [-0.05, 0) is 62.6 Å². The van der Waals surface area contributed by atoms with E-state index in [1.807, 2.05) is 44.2 Å². The van der Waals surface area contributed by atoms with Gasteiger partial charge in [0.2, 0.25) is 0 Å². The van der Waals surface area contributed by atoms with Crippen LogP contribution in [0.25, 0.3) is 22.5 Å². The third-order valence-corrected chi connectivity index (χ3v) is 5.74. The Balaban J connectivity index is 1.58. The Hall–Kier alpha value is -4.33. The molecule has 3 heterocycles. The van der Waals surface area contributed by atoms with Crippen LogP contribution in [0.3, 0.4) is 0 Å². The summed E-state index contributed by atoms with van der Waals surface area (Å²) in [5, 5.41) is 12.9. The minimum atomic E-state index is -0.203. The first kappa shape index (κ1) is 20.6. The van der Waals surface area contributed by atoms with E-state index >= 15 is 0 Å². The number of benzene rings is 2. The van der Waals surface area contributed by atoms with Gasteiger partial charge in [-0.15, -0.1) is 0 Å². The van der Waals surface area contributed by atoms with E-state index in [1.54, 1.807) is 21.6 Å². The summed E-state index contributed by atoms with van der Waals surface area (Å²) in [5.74, 6) is 0.869. The maximum absolute atomic E-state index is 12.9. The second kappa shape index (κ2) is 7.98. The van der Waals surface area contributed by atoms with Crippen molar-refractivity contribution in [1.29, 1.82) is 0 Å². The molecule has 33 heavy (non-hydrogen) atoms. The standard InChI is InChI=1S/C25H23N7O/c1-15-9-10-19(11-17(15)3)31-23-21(13-28-31)24(27-14-26-23)32-22(12-18(4)30-32)29-25(33)20-8-6-5-7-16(20)2/h5-14H,1-4H3,(H,29,33). The first-order valence-corrected chi connectivity index (χ1v) is 10.6. The minimum absolute atomic E-state index is 0.203. The summed E-state index contributed by atoms with van der Waals surface area (Å²) in [6.07, 6.45) is 3.21. The largest absolute Gasteiger partial charge is 0.306 e. The van der Waals surface area contributed by atoms with Gasteiger partial charge in [0.05, 0.1) is 23.0 Å². The summed E-state index contributed by atoms with van der Waals surface area (Å²) in [7, 11) is 0. The molecule has 5 rings (SSSR count). The molecule has 1 amide bonds. The molecule has 3 aromatic heterocycles. The number of aryl methyl sites for hydroxylation is 4. The Morgan fingerprint density at radius 1 is 0.879 bits per heavy atom. The summed E-state index contributed by atoms with van der Waals surface area (Å²) in [6, 6.07) is 15.4. The molecule has 0 saturated carbocycles. The fraction of sp³-hybridized carbons (Fsp3) is 0.160. The van der Waals surface area contributed by atoms with Crippen molar-refractivity contribution < 1.29 is 4.79 Å². The third kappa shape index (κ3) is 3.65. The van der Waals surface area contributed by atoms with Crippen molar-refractivity contribution in [2.75, 3.05) is 5.32 Å². The molecule has 0 saturated heterocycles. The van der Waals surface area contributed by atoms with Crippen LogP contribution >= 0.6 is 0 Å². The highest BCUT2D eigenvalue weighted by Crippen LogP contribution is 2.25. The second-order valence-corrected chi connectivity index (χ2v) is 8.11. The zero-order valence-electron chi connectivity index (χ0n) is 18.9. The predicted octanol–water partition coefficient (Wildman–Crippen LogP) is 4.49. The number of hydrogen-bond donors (Lipinski definition) is 1. The number of rotatable bonds is 4. The molecule has 164 valence electrons. The molecule has 8 nitrogen and oxygen atoms in total. The Labute approximate surface area is 190 Å². The predicted molar refractivity (Wildman–Crippen MR) is 127 cm³/mol. The molecule has 1 N–H and O–H groups in total. The van der Waals surface area contributed by atoms with Crippen molar-refractivity contribution in [1.82, 2.24) is 29.5 Å². The Morgan fingerprint density at radius 3 is 2.48 bits per heavy atom. The molecule has 0 aliphatic heterocycles. The van der Waals surface area contributed by atoms with Crippen molar-refractivity contribution in [2.45, 2.75) is 27.7 Å². The smallest absolute Gasteiger partial charge is 0.257 e. The van der Waals surface area contributed by atoms with E-state index in [4.69, 9.17) is 0 Å². The average molecular weight is 438 g/mol. The van der Waals surface area contributed by atoms with E-state index in [9.17, 15) is 4.79 Å². The lowest BCUT2D eigenvalue weighted by Crippen LogP contribution is -2.16. The SMILES string of the molecule is Cc1cc(NC(=O)c2ccccc2C)n(-c2ncnc3c2cnn3-c2ccc(C)c(C)c2)n1. The summed E-state index contributed by atoms with van der Waals surface area (Å²) < 4.78 is 3.41. The Morgan fingerprint density at radius 2 is 1.70 bits per heavy atom. The van der Waals surface area contributed by atoms with E-state index in [0.717, 1.165) is 22.3 Å². The lowest BCUT2D eigenvalue weighted by Gasteiger charge is -2.10. The Bertz CT molecular complexity index is 1510. The molecule has 0 spiro atoms. The van der Waals surface area contributed by atoms with Crippen LogP contribution in [-0.4, -0.2) is 35.4 Å². The number of hydrogen-bond acceptors (Lipinski definition) is 5. The van der Waals surface area contributed by atoms with Gasteiger partial charge in [0.1, 0.15) is 12.1 Å². The molecule has 0 aliphatic carbocycles. The number of anilines is 1. The maximum atomic E-state index is 12.9. The average Bonchev–Trinajstić information content (AvgIpc) is 3.39. The van der Waals surface area contributed by atoms with E-state index < -0.39 is 0 Å². The van der Waals surface area contributed by atoms with Gasteiger partial charge in [-0.1, -0.05) is 24.3 Å². The summed E-state index contributed by atoms with van der Waals surface area (Å²) >= 11 is 0. The number of fused-ring (bicyclic) bond motifs is 1. The van der Waals surface area contributed by atoms with Crippen LogP contribution in [0.1, 0.15) is 32.7 Å². The summed E-state index contributed by atoms with van der Waals surface area (Å²) in [4.78, 5) is 21.9. The number of aromatic nitrogens is 6. The summed E-state index contributed by atoms with van der Waals surface area (Å²) in [5.41, 5.74) is 6.23. The third-order valence-electron chi connectivity index (χ3n) is 5.74. The minimum Gasteiger partial charge on any atom is -0.306 e. The van der Waals surface area contributed by atoms with Gasteiger partial charge >= 0.3 is 0 Å². The van der Waals surface area contributed by atoms with E-state index in [1.165, 1.54) is 17.5 Å². The van der Waals surface area contributed by atoms with E-state index in [2.05, 4.69) is 51.5 Å². The van der Waals surface area contributed by atoms with Crippen molar-refractivity contribution in [3.63, 3.8) is 0 Å². The molecule has 0 atom stereocenters. The summed E-state index contributed by atoms with van der Waals surface area (Å²) in [6.45, 7) is 7.93. The number of nitrogens with one attached hydrogen (secondary N) is 1. The lowest BCUT2D eigenvalue weighted by atomic mass is 10.1. The van der Waals surface area contributed by atoms with Gasteiger partial charge in [0.25, 0.3) is 5.91 Å². The van der Waals surface area contributed by atoms with Crippen LogP contribution in [0.4, 0.5) is 5.82 Å². The first-order chi connectivity index (χ1) is 15.9. The number of amides is 1. The monoisotopic (exact) mass is 437 g/mol. The number of carbonyl (C=O) groups excluding carboxylic acids is 1. The van der Waals surface area contributed by atoms with Crippen molar-refractivity contribution in [3.05, 3.63) is 89.0 Å². The molecular weight excluding hydrogens is 414 g/mol. The van der Waals surface area contributed by atoms with Gasteiger partial charge in [0.15, 0.2) is 11.5 Å². The molecule has 0 bridgehead atoms. The highest BCUT2D eigenvalue weighted by Gasteiger charge is 2.18.